The largest absolute Gasteiger partial charge is 0.375 e. The first-order valence-electron chi connectivity index (χ1n) is 12.2. The van der Waals surface area contributed by atoms with E-state index in [0.29, 0.717) is 30.4 Å². The molecule has 1 aromatic rings. The average Bonchev–Trinajstić information content (AvgIpc) is 2.83. The van der Waals surface area contributed by atoms with Gasteiger partial charge in [0.05, 0.1) is 11.2 Å². The Balaban J connectivity index is 1.20. The minimum atomic E-state index is -0.123. The molecular weight excluding hydrogens is 390 g/mol. The highest BCUT2D eigenvalue weighted by Crippen LogP contribution is 2.38. The highest BCUT2D eigenvalue weighted by molar-refractivity contribution is 5.93. The van der Waals surface area contributed by atoms with Crippen molar-refractivity contribution >= 4 is 11.8 Å². The fourth-order valence-electron chi connectivity index (χ4n) is 5.61. The van der Waals surface area contributed by atoms with Crippen LogP contribution in [0, 0.1) is 11.8 Å². The summed E-state index contributed by atoms with van der Waals surface area (Å²) in [5.74, 6) is 1.45. The molecule has 1 unspecified atom stereocenters. The number of hydrogen-bond donors (Lipinski definition) is 1. The summed E-state index contributed by atoms with van der Waals surface area (Å²) in [5, 5.41) is 3.07. The summed E-state index contributed by atoms with van der Waals surface area (Å²) >= 11 is 0. The van der Waals surface area contributed by atoms with E-state index in [9.17, 15) is 9.59 Å². The van der Waals surface area contributed by atoms with Gasteiger partial charge in [-0.05, 0) is 56.1 Å². The predicted molar refractivity (Wildman–Crippen MR) is 120 cm³/mol. The minimum Gasteiger partial charge on any atom is -0.375 e. The Morgan fingerprint density at radius 1 is 1.13 bits per heavy atom. The molecule has 2 aliphatic heterocycles. The van der Waals surface area contributed by atoms with Crippen LogP contribution in [0.1, 0.15) is 81.0 Å². The quantitative estimate of drug-likeness (QED) is 0.746. The Kier molecular flexibility index (Phi) is 7.59. The van der Waals surface area contributed by atoms with Crippen LogP contribution in [0.5, 0.6) is 0 Å². The number of carbonyl (C=O) groups is 2. The fraction of sp³-hybridized carbons (Fsp3) is 0.720. The van der Waals surface area contributed by atoms with Crippen LogP contribution < -0.4 is 5.32 Å². The first-order chi connectivity index (χ1) is 15.1. The lowest BCUT2D eigenvalue weighted by atomic mass is 9.79. The topological polar surface area (TPSA) is 71.5 Å². The third kappa shape index (κ3) is 6.06. The van der Waals surface area contributed by atoms with Gasteiger partial charge in [0, 0.05) is 45.1 Å². The van der Waals surface area contributed by atoms with Crippen molar-refractivity contribution < 1.29 is 14.3 Å². The van der Waals surface area contributed by atoms with Crippen molar-refractivity contribution in [1.29, 1.82) is 0 Å². The lowest BCUT2D eigenvalue weighted by molar-refractivity contribution is -0.147. The SMILES string of the molecule is O=C(NCC1CCOC2(CCN(C(=O)CCC3CCCCC3)CC2)C1)c1cccnc1. The van der Waals surface area contributed by atoms with E-state index in [1.165, 1.54) is 32.1 Å². The second-order valence-electron chi connectivity index (χ2n) is 9.77. The normalized spacial score (nSPS) is 24.1. The summed E-state index contributed by atoms with van der Waals surface area (Å²) in [6, 6.07) is 3.57. The molecule has 6 nitrogen and oxygen atoms in total. The van der Waals surface area contributed by atoms with Crippen molar-refractivity contribution in [2.24, 2.45) is 11.8 Å². The molecule has 3 fully saturated rings. The number of amides is 2. The van der Waals surface area contributed by atoms with Gasteiger partial charge in [-0.1, -0.05) is 32.1 Å². The standard InChI is InChI=1S/C25H37N3O3/c29-23(9-8-20-5-2-1-3-6-20)28-14-11-25(12-15-28)17-21(10-16-31-25)18-27-24(30)22-7-4-13-26-19-22/h4,7,13,19-21H,1-3,5-6,8-12,14-18H2,(H,27,30). The van der Waals surface area contributed by atoms with Crippen molar-refractivity contribution in [2.75, 3.05) is 26.2 Å². The van der Waals surface area contributed by atoms with Crippen LogP contribution in [-0.4, -0.2) is 53.5 Å². The maximum absolute atomic E-state index is 12.7. The first kappa shape index (κ1) is 22.3. The number of hydrogen-bond acceptors (Lipinski definition) is 4. The molecule has 1 aromatic heterocycles. The number of nitrogens with zero attached hydrogens (tertiary/aromatic N) is 2. The maximum atomic E-state index is 12.7. The van der Waals surface area contributed by atoms with E-state index in [1.807, 2.05) is 0 Å². The lowest BCUT2D eigenvalue weighted by Crippen LogP contribution is -2.51. The van der Waals surface area contributed by atoms with Gasteiger partial charge >= 0.3 is 0 Å². The minimum absolute atomic E-state index is 0.0629. The van der Waals surface area contributed by atoms with Crippen molar-refractivity contribution in [3.63, 3.8) is 0 Å². The molecule has 31 heavy (non-hydrogen) atoms. The molecule has 6 heteroatoms. The smallest absolute Gasteiger partial charge is 0.252 e. The number of piperidine rings is 1. The molecule has 3 heterocycles. The van der Waals surface area contributed by atoms with E-state index in [1.54, 1.807) is 24.5 Å². The van der Waals surface area contributed by atoms with E-state index < -0.39 is 0 Å². The van der Waals surface area contributed by atoms with E-state index >= 15 is 0 Å². The van der Waals surface area contributed by atoms with Crippen LogP contribution in [0.2, 0.25) is 0 Å². The van der Waals surface area contributed by atoms with Gasteiger partial charge in [-0.2, -0.15) is 0 Å². The summed E-state index contributed by atoms with van der Waals surface area (Å²) in [4.78, 5) is 31.1. The Hall–Kier alpha value is -1.95. The van der Waals surface area contributed by atoms with E-state index in [-0.39, 0.29) is 11.5 Å². The van der Waals surface area contributed by atoms with Gasteiger partial charge in [-0.25, -0.2) is 0 Å². The highest BCUT2D eigenvalue weighted by Gasteiger charge is 2.41. The second kappa shape index (κ2) is 10.6. The molecule has 0 radical (unpaired) electrons. The molecule has 4 rings (SSSR count). The van der Waals surface area contributed by atoms with E-state index in [2.05, 4.69) is 15.2 Å². The van der Waals surface area contributed by atoms with Crippen LogP contribution in [0.25, 0.3) is 0 Å². The first-order valence-corrected chi connectivity index (χ1v) is 12.2. The monoisotopic (exact) mass is 427 g/mol. The number of carbonyl (C=O) groups excluding carboxylic acids is 2. The van der Waals surface area contributed by atoms with Gasteiger partial charge in [0.15, 0.2) is 0 Å². The van der Waals surface area contributed by atoms with Crippen LogP contribution in [0.15, 0.2) is 24.5 Å². The summed E-state index contributed by atoms with van der Waals surface area (Å²) in [6.07, 6.45) is 15.5. The zero-order valence-electron chi connectivity index (χ0n) is 18.7. The fourth-order valence-corrected chi connectivity index (χ4v) is 5.61. The number of pyridine rings is 1. The van der Waals surface area contributed by atoms with E-state index in [4.69, 9.17) is 4.74 Å². The number of ether oxygens (including phenoxy) is 1. The van der Waals surface area contributed by atoms with Gasteiger partial charge in [0.25, 0.3) is 5.91 Å². The van der Waals surface area contributed by atoms with Crippen LogP contribution in [0.3, 0.4) is 0 Å². The number of nitrogens with one attached hydrogen (secondary N) is 1. The number of rotatable bonds is 6. The van der Waals surface area contributed by atoms with Crippen LogP contribution in [0.4, 0.5) is 0 Å². The van der Waals surface area contributed by atoms with Gasteiger partial charge in [0.1, 0.15) is 0 Å². The Morgan fingerprint density at radius 2 is 1.94 bits per heavy atom. The summed E-state index contributed by atoms with van der Waals surface area (Å²) < 4.78 is 6.25. The third-order valence-electron chi connectivity index (χ3n) is 7.59. The van der Waals surface area contributed by atoms with Crippen molar-refractivity contribution in [3.8, 4) is 0 Å². The maximum Gasteiger partial charge on any atom is 0.252 e. The third-order valence-corrected chi connectivity index (χ3v) is 7.59. The molecule has 1 spiro atoms. The predicted octanol–water partition coefficient (Wildman–Crippen LogP) is 3.96. The van der Waals surface area contributed by atoms with Crippen molar-refractivity contribution in [3.05, 3.63) is 30.1 Å². The zero-order valence-corrected chi connectivity index (χ0v) is 18.7. The Bertz CT molecular complexity index is 725. The Labute approximate surface area is 186 Å². The van der Waals surface area contributed by atoms with Crippen LogP contribution >= 0.6 is 0 Å². The van der Waals surface area contributed by atoms with Gasteiger partial charge in [-0.3, -0.25) is 14.6 Å². The Morgan fingerprint density at radius 3 is 2.68 bits per heavy atom. The molecule has 170 valence electrons. The highest BCUT2D eigenvalue weighted by atomic mass is 16.5. The molecule has 0 aromatic carbocycles. The number of aromatic nitrogens is 1. The second-order valence-corrected chi connectivity index (χ2v) is 9.77. The molecule has 1 atom stereocenters. The molecule has 3 aliphatic rings. The zero-order chi connectivity index (χ0) is 21.5. The molecule has 1 saturated carbocycles. The van der Waals surface area contributed by atoms with Crippen molar-refractivity contribution in [2.45, 2.75) is 76.2 Å². The molecular formula is C25H37N3O3. The van der Waals surface area contributed by atoms with Gasteiger partial charge in [-0.15, -0.1) is 0 Å². The number of likely N-dealkylation sites (tertiary alicyclic amines) is 1. The molecule has 1 aliphatic carbocycles. The molecule has 0 bridgehead atoms. The average molecular weight is 428 g/mol. The van der Waals surface area contributed by atoms with Crippen molar-refractivity contribution in [1.82, 2.24) is 15.2 Å². The van der Waals surface area contributed by atoms with Gasteiger partial charge < -0.3 is 15.0 Å². The van der Waals surface area contributed by atoms with Gasteiger partial charge in [0.2, 0.25) is 5.91 Å². The molecule has 2 saturated heterocycles. The summed E-state index contributed by atoms with van der Waals surface area (Å²) in [5.41, 5.74) is 0.478. The van der Waals surface area contributed by atoms with Crippen LogP contribution in [-0.2, 0) is 9.53 Å². The summed E-state index contributed by atoms with van der Waals surface area (Å²) in [6.45, 7) is 3.02. The van der Waals surface area contributed by atoms with E-state index in [0.717, 1.165) is 57.7 Å². The lowest BCUT2D eigenvalue weighted by Gasteiger charge is -2.46. The molecule has 2 amide bonds. The molecule has 1 N–H and O–H groups in total. The summed E-state index contributed by atoms with van der Waals surface area (Å²) in [7, 11) is 0.